The number of aliphatic hydroxyl groups excluding tert-OH is 6. The Morgan fingerprint density at radius 2 is 0.806 bits per heavy atom. The zero-order valence-corrected chi connectivity index (χ0v) is 17.2. The molecule has 0 spiro atoms. The number of hydrogen-bond donors (Lipinski definition) is 9. The first-order valence-electron chi connectivity index (χ1n) is 8.26. The monoisotopic (exact) mass is 458 g/mol. The molecule has 0 atom stereocenters. The lowest BCUT2D eigenvalue weighted by molar-refractivity contribution is -0.132. The molecule has 0 fully saturated rings. The molecule has 0 aliphatic carbocycles. The van der Waals surface area contributed by atoms with Gasteiger partial charge < -0.3 is 50.7 Å². The van der Waals surface area contributed by atoms with Crippen molar-refractivity contribution in [1.29, 1.82) is 0 Å². The van der Waals surface area contributed by atoms with Crippen LogP contribution in [0.25, 0.3) is 0 Å². The van der Waals surface area contributed by atoms with Gasteiger partial charge in [-0.15, -0.1) is 0 Å². The Hall–Kier alpha value is -2.65. The summed E-state index contributed by atoms with van der Waals surface area (Å²) < 4.78 is 4.63. The maximum atomic E-state index is 9.25. The molecule has 0 saturated carbocycles. The van der Waals surface area contributed by atoms with Crippen LogP contribution in [-0.4, -0.2) is 117 Å². The van der Waals surface area contributed by atoms with Crippen molar-refractivity contribution in [3.05, 3.63) is 38.0 Å². The van der Waals surface area contributed by atoms with Crippen molar-refractivity contribution in [3.63, 3.8) is 0 Å². The van der Waals surface area contributed by atoms with Gasteiger partial charge >= 0.3 is 17.9 Å². The molecule has 0 aliphatic heterocycles. The minimum Gasteiger partial charge on any atom is -0.478 e. The highest BCUT2D eigenvalue weighted by Gasteiger charge is 2.26. The fraction of sp³-hybridized carbons (Fsp3) is 0.500. The quantitative estimate of drug-likeness (QED) is 0.117. The third-order valence-corrected chi connectivity index (χ3v) is 2.34. The predicted molar refractivity (Wildman–Crippen MR) is 109 cm³/mol. The zero-order chi connectivity index (χ0) is 25.7. The molecule has 0 amide bonds. The third kappa shape index (κ3) is 46.9. The zero-order valence-electron chi connectivity index (χ0n) is 17.2. The fourth-order valence-corrected chi connectivity index (χ4v) is 0.531. The van der Waals surface area contributed by atoms with Crippen LogP contribution in [0.15, 0.2) is 38.0 Å². The summed E-state index contributed by atoms with van der Waals surface area (Å²) in [5.74, 6) is -2.94. The lowest BCUT2D eigenvalue weighted by atomic mass is 9.93. The van der Waals surface area contributed by atoms with Gasteiger partial charge in [0.25, 0.3) is 0 Å². The summed E-state index contributed by atoms with van der Waals surface area (Å²) in [5, 5.41) is 73.0. The van der Waals surface area contributed by atoms with Crippen molar-refractivity contribution in [2.45, 2.75) is 0 Å². The highest BCUT2D eigenvalue weighted by molar-refractivity contribution is 5.79. The van der Waals surface area contributed by atoms with E-state index in [1.165, 1.54) is 0 Å². The second-order valence-corrected chi connectivity index (χ2v) is 4.82. The van der Waals surface area contributed by atoms with Gasteiger partial charge in [-0.2, -0.15) is 0 Å². The molecular formula is C18H34O13. The molecule has 0 aliphatic rings. The summed E-state index contributed by atoms with van der Waals surface area (Å²) >= 11 is 0. The van der Waals surface area contributed by atoms with Gasteiger partial charge in [0.1, 0.15) is 0 Å². The van der Waals surface area contributed by atoms with Gasteiger partial charge in [0.05, 0.1) is 58.3 Å². The first kappa shape index (κ1) is 38.9. The Bertz CT molecular complexity index is 395. The lowest BCUT2D eigenvalue weighted by Crippen LogP contribution is -2.37. The van der Waals surface area contributed by atoms with Crippen LogP contribution in [0.4, 0.5) is 0 Å². The molecule has 0 bridgehead atoms. The summed E-state index contributed by atoms with van der Waals surface area (Å²) in [6, 6.07) is 0. The van der Waals surface area contributed by atoms with Crippen molar-refractivity contribution in [2.75, 3.05) is 52.9 Å². The number of carboxylic acid groups (broad SMARTS) is 3. The Morgan fingerprint density at radius 1 is 0.613 bits per heavy atom. The topological polar surface area (TPSA) is 243 Å². The molecule has 13 nitrogen and oxygen atoms in total. The normalized spacial score (nSPS) is 8.71. The van der Waals surface area contributed by atoms with E-state index in [-0.39, 0.29) is 13.2 Å². The Balaban J connectivity index is -0.0000000932. The van der Waals surface area contributed by atoms with Crippen LogP contribution in [0.3, 0.4) is 0 Å². The van der Waals surface area contributed by atoms with Crippen molar-refractivity contribution in [2.24, 2.45) is 5.41 Å². The molecule has 0 rings (SSSR count). The van der Waals surface area contributed by atoms with E-state index in [1.807, 2.05) is 0 Å². The molecular weight excluding hydrogens is 424 g/mol. The first-order valence-corrected chi connectivity index (χ1v) is 8.26. The van der Waals surface area contributed by atoms with Crippen LogP contribution < -0.4 is 0 Å². The van der Waals surface area contributed by atoms with Gasteiger partial charge in [-0.05, 0) is 0 Å². The minimum atomic E-state index is -1.11. The van der Waals surface area contributed by atoms with Crippen LogP contribution in [0.2, 0.25) is 0 Å². The molecule has 9 N–H and O–H groups in total. The average Bonchev–Trinajstić information content (AvgIpc) is 2.77. The van der Waals surface area contributed by atoms with Gasteiger partial charge in [-0.3, -0.25) is 0 Å². The Labute approximate surface area is 180 Å². The largest absolute Gasteiger partial charge is 0.478 e. The molecule has 184 valence electrons. The second-order valence-electron chi connectivity index (χ2n) is 4.82. The van der Waals surface area contributed by atoms with Crippen LogP contribution in [0.5, 0.6) is 0 Å². The van der Waals surface area contributed by atoms with E-state index < -0.39 is 49.8 Å². The second kappa shape index (κ2) is 32.0. The van der Waals surface area contributed by atoms with Crippen molar-refractivity contribution < 1.29 is 65.1 Å². The van der Waals surface area contributed by atoms with Crippen LogP contribution in [-0.2, 0) is 19.1 Å². The van der Waals surface area contributed by atoms with Gasteiger partial charge in [-0.25, -0.2) is 14.4 Å². The number of aliphatic carboxylic acids is 3. The number of carbonyl (C=O) groups is 3. The number of aliphatic hydroxyl groups is 6. The molecule has 0 aromatic heterocycles. The average molecular weight is 458 g/mol. The molecule has 0 saturated heterocycles. The van der Waals surface area contributed by atoms with Crippen molar-refractivity contribution in [3.8, 4) is 0 Å². The van der Waals surface area contributed by atoms with E-state index >= 15 is 0 Å². The highest BCUT2D eigenvalue weighted by Crippen LogP contribution is 2.11. The van der Waals surface area contributed by atoms with E-state index in [0.29, 0.717) is 13.2 Å². The Kier molecular flexibility index (Phi) is 40.2. The van der Waals surface area contributed by atoms with E-state index in [9.17, 15) is 14.4 Å². The van der Waals surface area contributed by atoms with Gasteiger partial charge in [0.2, 0.25) is 0 Å². The number of carboxylic acids is 3. The van der Waals surface area contributed by atoms with E-state index in [4.69, 9.17) is 46.0 Å². The van der Waals surface area contributed by atoms with E-state index in [1.54, 1.807) is 0 Å². The first-order chi connectivity index (χ1) is 14.5. The van der Waals surface area contributed by atoms with Crippen LogP contribution in [0.1, 0.15) is 0 Å². The summed E-state index contributed by atoms with van der Waals surface area (Å²) in [6.07, 6.45) is 2.50. The minimum absolute atomic E-state index is 0.0278. The van der Waals surface area contributed by atoms with Crippen LogP contribution in [0, 0.1) is 5.41 Å². The highest BCUT2D eigenvalue weighted by atomic mass is 16.5. The fourth-order valence-electron chi connectivity index (χ4n) is 0.531. The standard InChI is InChI=1S/C5H12O4.C4H10O3.3C3H4O2/c6-1-5(2-7,3-8)4-9;5-1-3-7-4-2-6;3*1-2-3(4)5/h6-9H,1-4H2;5-6H,1-4H2;3*2H,1H2,(H,4,5). The third-order valence-electron chi connectivity index (χ3n) is 2.34. The smallest absolute Gasteiger partial charge is 0.327 e. The molecule has 0 heterocycles. The van der Waals surface area contributed by atoms with Crippen molar-refractivity contribution in [1.82, 2.24) is 0 Å². The SMILES string of the molecule is C=CC(=O)O.C=CC(=O)O.C=CC(=O)O.OCC(CO)(CO)CO.OCCOCCO. The Morgan fingerprint density at radius 3 is 0.871 bits per heavy atom. The molecule has 31 heavy (non-hydrogen) atoms. The molecule has 0 aromatic rings. The summed E-state index contributed by atoms with van der Waals surface area (Å²) in [6.45, 7) is 7.95. The predicted octanol–water partition coefficient (Wildman–Crippen LogP) is -2.30. The van der Waals surface area contributed by atoms with Gasteiger partial charge in [0, 0.05) is 18.2 Å². The van der Waals surface area contributed by atoms with E-state index in [2.05, 4.69) is 24.5 Å². The summed E-state index contributed by atoms with van der Waals surface area (Å²) in [4.78, 5) is 27.8. The summed E-state index contributed by atoms with van der Waals surface area (Å²) in [7, 11) is 0. The molecule has 0 aromatic carbocycles. The summed E-state index contributed by atoms with van der Waals surface area (Å²) in [5.41, 5.74) is -1.11. The lowest BCUT2D eigenvalue weighted by Gasteiger charge is -2.23. The number of rotatable bonds is 11. The van der Waals surface area contributed by atoms with Gasteiger partial charge in [-0.1, -0.05) is 19.7 Å². The molecule has 13 heteroatoms. The molecule has 0 unspecified atom stereocenters. The van der Waals surface area contributed by atoms with E-state index in [0.717, 1.165) is 18.2 Å². The van der Waals surface area contributed by atoms with Crippen LogP contribution >= 0.6 is 0 Å². The maximum Gasteiger partial charge on any atom is 0.327 e. The van der Waals surface area contributed by atoms with Crippen molar-refractivity contribution >= 4 is 17.9 Å². The number of hydrogen-bond acceptors (Lipinski definition) is 10. The molecule has 0 radical (unpaired) electrons. The van der Waals surface area contributed by atoms with Gasteiger partial charge in [0.15, 0.2) is 0 Å². The maximum absolute atomic E-state index is 9.25. The number of ether oxygens (including phenoxy) is 1.